The van der Waals surface area contributed by atoms with E-state index >= 15 is 0 Å². The molecule has 0 saturated carbocycles. The minimum Gasteiger partial charge on any atom is -0.337 e. The minimum absolute atomic E-state index is 0.0477. The molecule has 1 aromatic carbocycles. The van der Waals surface area contributed by atoms with Crippen LogP contribution in [-0.4, -0.2) is 51.4 Å². The summed E-state index contributed by atoms with van der Waals surface area (Å²) in [7, 11) is 0. The molecule has 1 aromatic heterocycles. The Balaban J connectivity index is 1.37. The van der Waals surface area contributed by atoms with Crippen molar-refractivity contribution in [3.05, 3.63) is 59.7 Å². The lowest BCUT2D eigenvalue weighted by molar-refractivity contribution is -0.0513. The van der Waals surface area contributed by atoms with Crippen molar-refractivity contribution < 1.29 is 13.6 Å². The number of carbonyl (C=O) groups is 1. The van der Waals surface area contributed by atoms with Crippen molar-refractivity contribution in [1.29, 1.82) is 0 Å². The number of carbonyl (C=O) groups excluding carboxylic acids is 1. The first-order valence-electron chi connectivity index (χ1n) is 10.4. The van der Waals surface area contributed by atoms with Gasteiger partial charge in [-0.25, -0.2) is 13.8 Å². The Morgan fingerprint density at radius 2 is 1.86 bits per heavy atom. The highest BCUT2D eigenvalue weighted by molar-refractivity contribution is 5.92. The second-order valence-electron chi connectivity index (χ2n) is 8.58. The van der Waals surface area contributed by atoms with Gasteiger partial charge >= 0.3 is 0 Å². The van der Waals surface area contributed by atoms with E-state index < -0.39 is 11.6 Å². The van der Waals surface area contributed by atoms with Crippen molar-refractivity contribution in [2.24, 2.45) is 11.8 Å². The Labute approximate surface area is 168 Å². The fourth-order valence-electron chi connectivity index (χ4n) is 5.67. The quantitative estimate of drug-likeness (QED) is 0.778. The van der Waals surface area contributed by atoms with E-state index in [0.29, 0.717) is 36.7 Å². The Kier molecular flexibility index (Phi) is 4.78. The molecule has 4 atom stereocenters. The summed E-state index contributed by atoms with van der Waals surface area (Å²) in [5.74, 6) is -0.338. The van der Waals surface area contributed by atoms with E-state index in [0.717, 1.165) is 43.9 Å². The minimum atomic E-state index is -0.514. The fourth-order valence-corrected chi connectivity index (χ4v) is 5.67. The van der Waals surface area contributed by atoms with Crippen LogP contribution in [0.25, 0.3) is 0 Å². The van der Waals surface area contributed by atoms with Gasteiger partial charge in [-0.3, -0.25) is 14.7 Å². The van der Waals surface area contributed by atoms with Crippen molar-refractivity contribution in [3.8, 4) is 0 Å². The van der Waals surface area contributed by atoms with Crippen LogP contribution in [0.5, 0.6) is 0 Å². The van der Waals surface area contributed by atoms with Crippen LogP contribution in [0.4, 0.5) is 8.78 Å². The molecule has 3 aliphatic heterocycles. The lowest BCUT2D eigenvalue weighted by atomic mass is 9.74. The molecule has 3 fully saturated rings. The van der Waals surface area contributed by atoms with E-state index in [9.17, 15) is 13.6 Å². The van der Waals surface area contributed by atoms with Gasteiger partial charge in [0.2, 0.25) is 0 Å². The average Bonchev–Trinajstić information content (AvgIpc) is 2.72. The molecular formula is C22H24F2N4O. The van der Waals surface area contributed by atoms with Gasteiger partial charge in [-0.15, -0.1) is 0 Å². The Morgan fingerprint density at radius 1 is 1.03 bits per heavy atom. The second-order valence-corrected chi connectivity index (χ2v) is 8.58. The van der Waals surface area contributed by atoms with Crippen LogP contribution in [-0.2, 0) is 0 Å². The summed E-state index contributed by atoms with van der Waals surface area (Å²) in [6.45, 7) is 2.25. The molecule has 0 aliphatic carbocycles. The third-order valence-electron chi connectivity index (χ3n) is 6.73. The van der Waals surface area contributed by atoms with Crippen LogP contribution in [0.2, 0.25) is 0 Å². The number of halogens is 2. The van der Waals surface area contributed by atoms with E-state index in [1.54, 1.807) is 12.4 Å². The maximum atomic E-state index is 13.8. The van der Waals surface area contributed by atoms with Gasteiger partial charge < -0.3 is 4.90 Å². The first-order chi connectivity index (χ1) is 14.1. The molecule has 3 saturated heterocycles. The molecule has 5 nitrogen and oxygen atoms in total. The van der Waals surface area contributed by atoms with Crippen LogP contribution in [0.1, 0.15) is 47.8 Å². The molecule has 5 rings (SSSR count). The van der Waals surface area contributed by atoms with Crippen molar-refractivity contribution in [3.63, 3.8) is 0 Å². The van der Waals surface area contributed by atoms with Gasteiger partial charge in [0.15, 0.2) is 0 Å². The van der Waals surface area contributed by atoms with Gasteiger partial charge in [0.1, 0.15) is 17.3 Å². The molecule has 0 N–H and O–H groups in total. The zero-order chi connectivity index (χ0) is 20.0. The number of rotatable bonds is 2. The van der Waals surface area contributed by atoms with Crippen molar-refractivity contribution >= 4 is 5.91 Å². The zero-order valence-electron chi connectivity index (χ0n) is 16.2. The zero-order valence-corrected chi connectivity index (χ0v) is 16.2. The van der Waals surface area contributed by atoms with Gasteiger partial charge in [0, 0.05) is 50.2 Å². The van der Waals surface area contributed by atoms with Crippen LogP contribution in [0, 0.1) is 23.5 Å². The largest absolute Gasteiger partial charge is 0.337 e. The smallest absolute Gasteiger partial charge is 0.274 e. The van der Waals surface area contributed by atoms with Crippen LogP contribution >= 0.6 is 0 Å². The summed E-state index contributed by atoms with van der Waals surface area (Å²) in [4.78, 5) is 25.4. The summed E-state index contributed by atoms with van der Waals surface area (Å²) in [5, 5.41) is 0. The summed E-state index contributed by atoms with van der Waals surface area (Å²) < 4.78 is 27.7. The predicted octanol–water partition coefficient (Wildman–Crippen LogP) is 3.44. The van der Waals surface area contributed by atoms with Crippen molar-refractivity contribution in [2.75, 3.05) is 19.6 Å². The number of nitrogens with zero attached hydrogens (tertiary/aromatic N) is 4. The van der Waals surface area contributed by atoms with E-state index in [1.165, 1.54) is 18.3 Å². The SMILES string of the molecule is O=C(c1cnccn1)N1C[C@@H]2C[C@H](C1)[C@@H]1CCC[C@H](c3cc(F)cc(F)c3)N1C2. The van der Waals surface area contributed by atoms with Crippen molar-refractivity contribution in [1.82, 2.24) is 19.8 Å². The predicted molar refractivity (Wildman–Crippen MR) is 103 cm³/mol. The van der Waals surface area contributed by atoms with E-state index in [2.05, 4.69) is 14.9 Å². The van der Waals surface area contributed by atoms with Gasteiger partial charge in [0.25, 0.3) is 5.91 Å². The van der Waals surface area contributed by atoms with Crippen LogP contribution < -0.4 is 0 Å². The molecule has 4 heterocycles. The summed E-state index contributed by atoms with van der Waals surface area (Å²) >= 11 is 0. The highest BCUT2D eigenvalue weighted by atomic mass is 19.1. The maximum absolute atomic E-state index is 13.8. The summed E-state index contributed by atoms with van der Waals surface area (Å²) in [5.41, 5.74) is 1.13. The first-order valence-corrected chi connectivity index (χ1v) is 10.4. The molecule has 0 spiro atoms. The lowest BCUT2D eigenvalue weighted by Crippen LogP contribution is -2.60. The van der Waals surface area contributed by atoms with E-state index in [1.807, 2.05) is 4.90 Å². The molecule has 3 aliphatic rings. The molecule has 0 radical (unpaired) electrons. The standard InChI is InChI=1S/C22H24F2N4O/c23-17-7-15(8-18(24)9-17)20-2-1-3-21-16-6-14(12-28(20)21)11-27(13-16)22(29)19-10-25-4-5-26-19/h4-5,7-10,14,16,20-21H,1-3,6,11-13H2/t14-,16+,20+,21-/m0/s1. The molecule has 1 amide bonds. The number of hydrogen-bond acceptors (Lipinski definition) is 4. The van der Waals surface area contributed by atoms with Crippen LogP contribution in [0.3, 0.4) is 0 Å². The van der Waals surface area contributed by atoms with E-state index in [4.69, 9.17) is 0 Å². The third kappa shape index (κ3) is 3.52. The Bertz CT molecular complexity index is 889. The number of likely N-dealkylation sites (tertiary alicyclic amines) is 1. The highest BCUT2D eigenvalue weighted by Crippen LogP contribution is 2.44. The number of aromatic nitrogens is 2. The number of benzene rings is 1. The molecule has 0 unspecified atom stereocenters. The van der Waals surface area contributed by atoms with Gasteiger partial charge in [0.05, 0.1) is 6.20 Å². The van der Waals surface area contributed by atoms with Crippen molar-refractivity contribution in [2.45, 2.75) is 37.8 Å². The number of fused-ring (bicyclic) bond motifs is 4. The highest BCUT2D eigenvalue weighted by Gasteiger charge is 2.46. The normalized spacial score (nSPS) is 29.4. The van der Waals surface area contributed by atoms with E-state index in [-0.39, 0.29) is 11.9 Å². The molecular weight excluding hydrogens is 374 g/mol. The first kappa shape index (κ1) is 18.6. The molecule has 152 valence electrons. The Morgan fingerprint density at radius 3 is 2.62 bits per heavy atom. The fraction of sp³-hybridized carbons (Fsp3) is 0.500. The van der Waals surface area contributed by atoms with Gasteiger partial charge in [-0.2, -0.15) is 0 Å². The maximum Gasteiger partial charge on any atom is 0.274 e. The average molecular weight is 398 g/mol. The molecule has 2 aromatic rings. The second kappa shape index (κ2) is 7.44. The van der Waals surface area contributed by atoms with Crippen LogP contribution in [0.15, 0.2) is 36.8 Å². The molecule has 7 heteroatoms. The third-order valence-corrected chi connectivity index (χ3v) is 6.73. The summed E-state index contributed by atoms with van der Waals surface area (Å²) in [6.07, 6.45) is 8.76. The Hall–Kier alpha value is -2.41. The molecule has 2 bridgehead atoms. The van der Waals surface area contributed by atoms with Gasteiger partial charge in [-0.05, 0) is 55.2 Å². The number of hydrogen-bond donors (Lipinski definition) is 0. The molecule has 29 heavy (non-hydrogen) atoms. The monoisotopic (exact) mass is 398 g/mol. The van der Waals surface area contributed by atoms with Gasteiger partial charge in [-0.1, -0.05) is 0 Å². The number of piperidine rings is 3. The summed E-state index contributed by atoms with van der Waals surface area (Å²) in [6, 6.07) is 4.28. The number of amides is 1. The topological polar surface area (TPSA) is 49.3 Å². The lowest BCUT2D eigenvalue weighted by Gasteiger charge is -2.55.